The van der Waals surface area contributed by atoms with E-state index >= 15 is 0 Å². The molecule has 2 N–H and O–H groups in total. The van der Waals surface area contributed by atoms with Crippen LogP contribution in [0.5, 0.6) is 5.75 Å². The number of hydrogen-bond acceptors (Lipinski definition) is 2. The Morgan fingerprint density at radius 3 is 2.11 bits per heavy atom. The number of phenolic OH excluding ortho intramolecular Hbond substituents is 1. The largest absolute Gasteiger partial charge is 0.508 e. The fourth-order valence-electron chi connectivity index (χ4n) is 1.95. The molecule has 2 aromatic carbocycles. The number of phenols is 1. The Labute approximate surface area is 120 Å². The van der Waals surface area contributed by atoms with Crippen molar-refractivity contribution in [1.29, 1.82) is 0 Å². The second-order valence-electron chi connectivity index (χ2n) is 4.41. The molecule has 3 heteroatoms. The van der Waals surface area contributed by atoms with Crippen LogP contribution in [-0.4, -0.2) is 18.2 Å². The Bertz CT molecular complexity index is 473. The molecular formula is C16H20ClNO. The Morgan fingerprint density at radius 1 is 0.789 bits per heavy atom. The molecule has 0 saturated carbocycles. The number of benzene rings is 2. The van der Waals surface area contributed by atoms with Crippen molar-refractivity contribution in [3.05, 3.63) is 65.7 Å². The molecule has 0 spiro atoms. The van der Waals surface area contributed by atoms with Crippen molar-refractivity contribution in [3.63, 3.8) is 0 Å². The summed E-state index contributed by atoms with van der Waals surface area (Å²) < 4.78 is 0. The van der Waals surface area contributed by atoms with Crippen LogP contribution in [0.1, 0.15) is 11.1 Å². The molecule has 0 unspecified atom stereocenters. The van der Waals surface area contributed by atoms with E-state index < -0.39 is 0 Å². The average molecular weight is 278 g/mol. The molecule has 0 aromatic heterocycles. The number of nitrogens with one attached hydrogen (secondary N) is 1. The standard InChI is InChI=1S/C16H19NO.ClH/c18-16-8-4-7-15(13-16)10-12-17-11-9-14-5-2-1-3-6-14;/h1-8,13,17-18H,9-12H2;1H. The van der Waals surface area contributed by atoms with Gasteiger partial charge >= 0.3 is 0 Å². The lowest BCUT2D eigenvalue weighted by molar-refractivity contribution is 0.474. The molecule has 0 heterocycles. The van der Waals surface area contributed by atoms with Crippen molar-refractivity contribution in [1.82, 2.24) is 5.32 Å². The van der Waals surface area contributed by atoms with Gasteiger partial charge in [-0.15, -0.1) is 12.4 Å². The molecule has 102 valence electrons. The number of aromatic hydroxyl groups is 1. The first-order valence-corrected chi connectivity index (χ1v) is 6.37. The van der Waals surface area contributed by atoms with E-state index in [-0.39, 0.29) is 12.4 Å². The molecule has 0 fully saturated rings. The van der Waals surface area contributed by atoms with Crippen LogP contribution in [0.15, 0.2) is 54.6 Å². The molecule has 2 nitrogen and oxygen atoms in total. The minimum atomic E-state index is 0. The van der Waals surface area contributed by atoms with Gasteiger partial charge in [0, 0.05) is 0 Å². The summed E-state index contributed by atoms with van der Waals surface area (Å²) in [4.78, 5) is 0. The zero-order valence-electron chi connectivity index (χ0n) is 10.9. The minimum absolute atomic E-state index is 0. The Balaban J connectivity index is 0.00000180. The van der Waals surface area contributed by atoms with Gasteiger partial charge < -0.3 is 10.4 Å². The van der Waals surface area contributed by atoms with Crippen molar-refractivity contribution >= 4 is 12.4 Å². The zero-order valence-corrected chi connectivity index (χ0v) is 11.7. The first-order valence-electron chi connectivity index (χ1n) is 6.37. The lowest BCUT2D eigenvalue weighted by Gasteiger charge is -2.05. The molecule has 0 aliphatic heterocycles. The van der Waals surface area contributed by atoms with Gasteiger partial charge in [-0.05, 0) is 49.2 Å². The van der Waals surface area contributed by atoms with Gasteiger partial charge in [0.1, 0.15) is 5.75 Å². The van der Waals surface area contributed by atoms with Crippen molar-refractivity contribution in [2.45, 2.75) is 12.8 Å². The van der Waals surface area contributed by atoms with E-state index in [9.17, 15) is 5.11 Å². The molecule has 0 aliphatic rings. The van der Waals surface area contributed by atoms with Crippen molar-refractivity contribution in [3.8, 4) is 5.75 Å². The quantitative estimate of drug-likeness (QED) is 0.795. The van der Waals surface area contributed by atoms with Gasteiger partial charge in [-0.25, -0.2) is 0 Å². The maximum absolute atomic E-state index is 9.34. The summed E-state index contributed by atoms with van der Waals surface area (Å²) in [6.45, 7) is 1.93. The maximum atomic E-state index is 9.34. The van der Waals surface area contributed by atoms with Crippen LogP contribution in [0, 0.1) is 0 Å². The van der Waals surface area contributed by atoms with Crippen molar-refractivity contribution in [2.75, 3.05) is 13.1 Å². The van der Waals surface area contributed by atoms with E-state index in [0.717, 1.165) is 25.9 Å². The summed E-state index contributed by atoms with van der Waals surface area (Å²) in [7, 11) is 0. The van der Waals surface area contributed by atoms with Gasteiger partial charge in [0.15, 0.2) is 0 Å². The Hall–Kier alpha value is -1.51. The van der Waals surface area contributed by atoms with Gasteiger partial charge in [-0.2, -0.15) is 0 Å². The highest BCUT2D eigenvalue weighted by atomic mass is 35.5. The lowest BCUT2D eigenvalue weighted by atomic mass is 10.1. The summed E-state index contributed by atoms with van der Waals surface area (Å²) in [5, 5.41) is 12.8. The van der Waals surface area contributed by atoms with Crippen LogP contribution in [0.4, 0.5) is 0 Å². The van der Waals surface area contributed by atoms with Crippen LogP contribution in [0.2, 0.25) is 0 Å². The Morgan fingerprint density at radius 2 is 1.42 bits per heavy atom. The summed E-state index contributed by atoms with van der Waals surface area (Å²) >= 11 is 0. The average Bonchev–Trinajstić information content (AvgIpc) is 2.40. The SMILES string of the molecule is Cl.Oc1cccc(CCNCCc2ccccc2)c1. The first kappa shape index (κ1) is 15.5. The minimum Gasteiger partial charge on any atom is -0.508 e. The van der Waals surface area contributed by atoms with Gasteiger partial charge in [-0.3, -0.25) is 0 Å². The second-order valence-corrected chi connectivity index (χ2v) is 4.41. The third-order valence-electron chi connectivity index (χ3n) is 2.93. The predicted octanol–water partition coefficient (Wildman–Crippen LogP) is 3.19. The van der Waals surface area contributed by atoms with E-state index in [1.165, 1.54) is 11.1 Å². The molecule has 2 aromatic rings. The van der Waals surface area contributed by atoms with E-state index in [4.69, 9.17) is 0 Å². The smallest absolute Gasteiger partial charge is 0.115 e. The van der Waals surface area contributed by atoms with E-state index in [0.29, 0.717) is 5.75 Å². The third kappa shape index (κ3) is 5.77. The number of halogens is 1. The third-order valence-corrected chi connectivity index (χ3v) is 2.93. The van der Waals surface area contributed by atoms with Crippen LogP contribution < -0.4 is 5.32 Å². The van der Waals surface area contributed by atoms with Crippen LogP contribution in [0.3, 0.4) is 0 Å². The molecule has 0 amide bonds. The van der Waals surface area contributed by atoms with Gasteiger partial charge in [0.05, 0.1) is 0 Å². The van der Waals surface area contributed by atoms with Gasteiger partial charge in [-0.1, -0.05) is 42.5 Å². The van der Waals surface area contributed by atoms with E-state index in [1.54, 1.807) is 6.07 Å². The zero-order chi connectivity index (χ0) is 12.6. The second kappa shape index (κ2) is 8.57. The summed E-state index contributed by atoms with van der Waals surface area (Å²) in [5.41, 5.74) is 2.53. The fourth-order valence-corrected chi connectivity index (χ4v) is 1.95. The highest BCUT2D eigenvalue weighted by Crippen LogP contribution is 2.10. The maximum Gasteiger partial charge on any atom is 0.115 e. The molecule has 2 rings (SSSR count). The van der Waals surface area contributed by atoms with Crippen molar-refractivity contribution in [2.24, 2.45) is 0 Å². The van der Waals surface area contributed by atoms with E-state index in [1.807, 2.05) is 24.3 Å². The summed E-state index contributed by atoms with van der Waals surface area (Å²) in [5.74, 6) is 0.344. The molecule has 0 aliphatic carbocycles. The van der Waals surface area contributed by atoms with Gasteiger partial charge in [0.2, 0.25) is 0 Å². The van der Waals surface area contributed by atoms with Gasteiger partial charge in [0.25, 0.3) is 0 Å². The summed E-state index contributed by atoms with van der Waals surface area (Å²) in [6.07, 6.45) is 2.00. The monoisotopic (exact) mass is 277 g/mol. The molecule has 0 bridgehead atoms. The molecule has 0 atom stereocenters. The van der Waals surface area contributed by atoms with Crippen LogP contribution in [-0.2, 0) is 12.8 Å². The fraction of sp³-hybridized carbons (Fsp3) is 0.250. The molecule has 19 heavy (non-hydrogen) atoms. The van der Waals surface area contributed by atoms with Crippen molar-refractivity contribution < 1.29 is 5.11 Å². The highest BCUT2D eigenvalue weighted by Gasteiger charge is 1.95. The molecule has 0 saturated heterocycles. The Kier molecular flexibility index (Phi) is 7.01. The normalized spacial score (nSPS) is 9.89. The summed E-state index contributed by atoms with van der Waals surface area (Å²) in [6, 6.07) is 17.9. The lowest BCUT2D eigenvalue weighted by Crippen LogP contribution is -2.20. The highest BCUT2D eigenvalue weighted by molar-refractivity contribution is 5.85. The number of hydrogen-bond donors (Lipinski definition) is 2. The van der Waals surface area contributed by atoms with E-state index in [2.05, 4.69) is 29.6 Å². The van der Waals surface area contributed by atoms with Crippen LogP contribution in [0.25, 0.3) is 0 Å². The molecular weight excluding hydrogens is 258 g/mol. The number of rotatable bonds is 6. The van der Waals surface area contributed by atoms with Crippen LogP contribution >= 0.6 is 12.4 Å². The topological polar surface area (TPSA) is 32.3 Å². The molecule has 0 radical (unpaired) electrons. The first-order chi connectivity index (χ1) is 8.84. The predicted molar refractivity (Wildman–Crippen MR) is 82.1 cm³/mol.